The van der Waals surface area contributed by atoms with Gasteiger partial charge >= 0.3 is 0 Å². The third-order valence-electron chi connectivity index (χ3n) is 2.93. The first-order chi connectivity index (χ1) is 9.29. The molecule has 2 aromatic rings. The van der Waals surface area contributed by atoms with Crippen LogP contribution in [0.5, 0.6) is 0 Å². The maximum absolute atomic E-state index is 2.29. The fourth-order valence-corrected chi connectivity index (χ4v) is 7.39. The zero-order valence-electron chi connectivity index (χ0n) is 10.2. The standard InChI is InChI=1S/C15H10S4/c1-9-6-7-12-13(8-9)19-15(18-12)14-16-10-4-2-3-5-11(10)17-14/h2-8H,1H3. The van der Waals surface area contributed by atoms with Gasteiger partial charge in [0.15, 0.2) is 0 Å². The molecule has 19 heavy (non-hydrogen) atoms. The molecule has 94 valence electrons. The van der Waals surface area contributed by atoms with Crippen molar-refractivity contribution in [3.05, 3.63) is 56.5 Å². The maximum atomic E-state index is 2.29. The van der Waals surface area contributed by atoms with Crippen LogP contribution in [0.1, 0.15) is 5.56 Å². The molecule has 4 heteroatoms. The Morgan fingerprint density at radius 3 is 1.79 bits per heavy atom. The zero-order chi connectivity index (χ0) is 12.8. The van der Waals surface area contributed by atoms with Crippen molar-refractivity contribution in [3.63, 3.8) is 0 Å². The van der Waals surface area contributed by atoms with Crippen molar-refractivity contribution < 1.29 is 0 Å². The minimum absolute atomic E-state index is 1.34. The molecule has 0 N–H and O–H groups in total. The molecule has 4 rings (SSSR count). The lowest BCUT2D eigenvalue weighted by atomic mass is 10.2. The van der Waals surface area contributed by atoms with Gasteiger partial charge in [-0.1, -0.05) is 65.2 Å². The highest BCUT2D eigenvalue weighted by atomic mass is 32.2. The number of hydrogen-bond donors (Lipinski definition) is 0. The highest BCUT2D eigenvalue weighted by Crippen LogP contribution is 2.61. The number of rotatable bonds is 0. The number of hydrogen-bond acceptors (Lipinski definition) is 4. The molecule has 0 amide bonds. The molecule has 2 heterocycles. The largest absolute Gasteiger partial charge is 0.0798 e. The number of fused-ring (bicyclic) bond motifs is 2. The Labute approximate surface area is 129 Å². The smallest absolute Gasteiger partial charge is 0.0706 e. The predicted molar refractivity (Wildman–Crippen MR) is 88.1 cm³/mol. The number of aryl methyl sites for hydroxylation is 1. The quantitative estimate of drug-likeness (QED) is 0.565. The van der Waals surface area contributed by atoms with Crippen LogP contribution in [0.4, 0.5) is 0 Å². The van der Waals surface area contributed by atoms with Crippen molar-refractivity contribution >= 4 is 47.0 Å². The molecule has 2 aliphatic rings. The number of thioether (sulfide) groups is 4. The molecular formula is C15H10S4. The van der Waals surface area contributed by atoms with E-state index in [1.165, 1.54) is 33.6 Å². The van der Waals surface area contributed by atoms with Gasteiger partial charge in [-0.2, -0.15) is 0 Å². The molecule has 0 bridgehead atoms. The first kappa shape index (κ1) is 12.3. The van der Waals surface area contributed by atoms with Crippen LogP contribution in [-0.2, 0) is 0 Å². The van der Waals surface area contributed by atoms with E-state index in [4.69, 9.17) is 0 Å². The summed E-state index contributed by atoms with van der Waals surface area (Å²) in [7, 11) is 0. The molecule has 0 spiro atoms. The first-order valence-corrected chi connectivity index (χ1v) is 9.21. The van der Waals surface area contributed by atoms with E-state index in [0.717, 1.165) is 0 Å². The number of benzene rings is 2. The maximum Gasteiger partial charge on any atom is 0.0706 e. The summed E-state index contributed by atoms with van der Waals surface area (Å²) in [6, 6.07) is 15.4. The fourth-order valence-electron chi connectivity index (χ4n) is 2.01. The van der Waals surface area contributed by atoms with Gasteiger partial charge in [0.1, 0.15) is 0 Å². The van der Waals surface area contributed by atoms with Gasteiger partial charge in [0.2, 0.25) is 0 Å². The molecule has 0 saturated heterocycles. The van der Waals surface area contributed by atoms with E-state index in [-0.39, 0.29) is 0 Å². The van der Waals surface area contributed by atoms with E-state index in [0.29, 0.717) is 0 Å². The minimum atomic E-state index is 1.34. The minimum Gasteiger partial charge on any atom is -0.0798 e. The Morgan fingerprint density at radius 1 is 0.632 bits per heavy atom. The lowest BCUT2D eigenvalue weighted by Gasteiger charge is -1.98. The summed E-state index contributed by atoms with van der Waals surface area (Å²) in [6.07, 6.45) is 0. The lowest BCUT2D eigenvalue weighted by Crippen LogP contribution is -1.73. The van der Waals surface area contributed by atoms with Gasteiger partial charge in [-0.25, -0.2) is 0 Å². The van der Waals surface area contributed by atoms with Crippen molar-refractivity contribution in [1.29, 1.82) is 0 Å². The Morgan fingerprint density at radius 2 is 1.16 bits per heavy atom. The van der Waals surface area contributed by atoms with Crippen LogP contribution in [0, 0.1) is 6.92 Å². The lowest BCUT2D eigenvalue weighted by molar-refractivity contribution is 1.23. The van der Waals surface area contributed by atoms with E-state index in [9.17, 15) is 0 Å². The first-order valence-electron chi connectivity index (χ1n) is 5.95. The molecule has 0 radical (unpaired) electrons. The highest BCUT2D eigenvalue weighted by molar-refractivity contribution is 8.30. The summed E-state index contributed by atoms with van der Waals surface area (Å²) in [4.78, 5) is 5.59. The van der Waals surface area contributed by atoms with E-state index in [1.807, 2.05) is 47.0 Å². The van der Waals surface area contributed by atoms with Gasteiger partial charge in [0.25, 0.3) is 0 Å². The van der Waals surface area contributed by atoms with Crippen LogP contribution in [0.2, 0.25) is 0 Å². The van der Waals surface area contributed by atoms with Crippen molar-refractivity contribution in [2.45, 2.75) is 26.5 Å². The molecule has 2 aromatic carbocycles. The van der Waals surface area contributed by atoms with Crippen LogP contribution >= 0.6 is 47.0 Å². The fraction of sp³-hybridized carbons (Fsp3) is 0.0667. The Kier molecular flexibility index (Phi) is 3.14. The molecule has 0 saturated carbocycles. The summed E-state index contributed by atoms with van der Waals surface area (Å²) >= 11 is 7.65. The average molecular weight is 319 g/mol. The summed E-state index contributed by atoms with van der Waals surface area (Å²) in [5, 5.41) is 0. The van der Waals surface area contributed by atoms with Gasteiger partial charge < -0.3 is 0 Å². The van der Waals surface area contributed by atoms with E-state index < -0.39 is 0 Å². The summed E-state index contributed by atoms with van der Waals surface area (Å²) in [5.74, 6) is 0. The Hall–Kier alpha value is -0.420. The SMILES string of the molecule is Cc1ccc2c(c1)SC(=C1Sc3ccccc3S1)S2. The molecule has 0 aromatic heterocycles. The van der Waals surface area contributed by atoms with Gasteiger partial charge in [0, 0.05) is 19.6 Å². The van der Waals surface area contributed by atoms with Crippen molar-refractivity contribution in [1.82, 2.24) is 0 Å². The molecule has 0 atom stereocenters. The predicted octanol–water partition coefficient (Wildman–Crippen LogP) is 6.22. The van der Waals surface area contributed by atoms with Gasteiger partial charge in [-0.05, 0) is 36.8 Å². The summed E-state index contributed by atoms with van der Waals surface area (Å²) < 4.78 is 2.87. The van der Waals surface area contributed by atoms with Gasteiger partial charge in [-0.15, -0.1) is 0 Å². The van der Waals surface area contributed by atoms with Gasteiger partial charge in [0.05, 0.1) is 8.47 Å². The second kappa shape index (κ2) is 4.85. The normalized spacial score (nSPS) is 16.7. The average Bonchev–Trinajstić information content (AvgIpc) is 3.00. The third kappa shape index (κ3) is 2.25. The molecule has 0 aliphatic carbocycles. The van der Waals surface area contributed by atoms with E-state index >= 15 is 0 Å². The van der Waals surface area contributed by atoms with Crippen LogP contribution in [0.25, 0.3) is 0 Å². The third-order valence-corrected chi connectivity index (χ3v) is 8.54. The zero-order valence-corrected chi connectivity index (χ0v) is 13.4. The summed E-state index contributed by atoms with van der Waals surface area (Å²) in [6.45, 7) is 2.16. The van der Waals surface area contributed by atoms with Crippen LogP contribution in [0.15, 0.2) is 70.5 Å². The van der Waals surface area contributed by atoms with Crippen LogP contribution in [0.3, 0.4) is 0 Å². The second-order valence-corrected chi connectivity index (χ2v) is 9.11. The molecule has 2 aliphatic heterocycles. The van der Waals surface area contributed by atoms with Gasteiger partial charge in [-0.3, -0.25) is 0 Å². The topological polar surface area (TPSA) is 0 Å². The molecule has 0 nitrogen and oxygen atoms in total. The summed E-state index contributed by atoms with van der Waals surface area (Å²) in [5.41, 5.74) is 1.34. The van der Waals surface area contributed by atoms with Crippen LogP contribution in [-0.4, -0.2) is 0 Å². The van der Waals surface area contributed by atoms with Crippen molar-refractivity contribution in [2.24, 2.45) is 0 Å². The van der Waals surface area contributed by atoms with Crippen LogP contribution < -0.4 is 0 Å². The van der Waals surface area contributed by atoms with Crippen molar-refractivity contribution in [2.75, 3.05) is 0 Å². The van der Waals surface area contributed by atoms with Crippen molar-refractivity contribution in [3.8, 4) is 0 Å². The monoisotopic (exact) mass is 318 g/mol. The molecule has 0 fully saturated rings. The second-order valence-electron chi connectivity index (χ2n) is 4.38. The molecule has 0 unspecified atom stereocenters. The van der Waals surface area contributed by atoms with E-state index in [2.05, 4.69) is 49.4 Å². The highest BCUT2D eigenvalue weighted by Gasteiger charge is 2.26. The molecular weight excluding hydrogens is 308 g/mol. The Balaban J connectivity index is 1.69. The Bertz CT molecular complexity index is 676. The van der Waals surface area contributed by atoms with E-state index in [1.54, 1.807) is 0 Å².